The van der Waals surface area contributed by atoms with Gasteiger partial charge in [-0.2, -0.15) is 0 Å². The van der Waals surface area contributed by atoms with Crippen LogP contribution in [0.25, 0.3) is 11.3 Å². The second kappa shape index (κ2) is 12.1. The second-order valence-electron chi connectivity index (χ2n) is 10.4. The highest BCUT2D eigenvalue weighted by atomic mass is 16.3. The van der Waals surface area contributed by atoms with E-state index in [9.17, 15) is 5.11 Å². The number of rotatable bonds is 8. The van der Waals surface area contributed by atoms with Gasteiger partial charge in [-0.3, -0.25) is 4.99 Å². The zero-order chi connectivity index (χ0) is 29.8. The first kappa shape index (κ1) is 28.3. The van der Waals surface area contributed by atoms with E-state index in [-0.39, 0.29) is 0 Å². The van der Waals surface area contributed by atoms with Gasteiger partial charge in [0.1, 0.15) is 18.0 Å². The Bertz CT molecular complexity index is 1750. The average Bonchev–Trinajstić information content (AvgIpc) is 2.98. The van der Waals surface area contributed by atoms with Crippen LogP contribution in [-0.2, 0) is 6.54 Å². The Balaban J connectivity index is 1.48. The van der Waals surface area contributed by atoms with E-state index >= 15 is 0 Å². The van der Waals surface area contributed by atoms with Gasteiger partial charge in [-0.25, -0.2) is 15.0 Å². The van der Waals surface area contributed by atoms with Crippen LogP contribution >= 0.6 is 0 Å². The molecular weight excluding hydrogens is 520 g/mol. The number of aliphatic hydroxyl groups excluding tert-OH is 1. The number of nitrogens with zero attached hydrogens (tertiary/aromatic N) is 5. The van der Waals surface area contributed by atoms with E-state index in [2.05, 4.69) is 70.1 Å². The molecule has 0 amide bonds. The van der Waals surface area contributed by atoms with E-state index in [1.54, 1.807) is 13.1 Å². The number of aliphatic imine (C=N–C) groups is 2. The Labute approximate surface area is 247 Å². The molecule has 7 nitrogen and oxygen atoms in total. The lowest BCUT2D eigenvalue weighted by atomic mass is 9.92. The number of amidine groups is 1. The fraction of sp³-hybridized carbons (Fsp3) is 0.200. The van der Waals surface area contributed by atoms with Gasteiger partial charge in [-0.05, 0) is 54.7 Å². The van der Waals surface area contributed by atoms with Crippen molar-refractivity contribution in [1.29, 1.82) is 0 Å². The summed E-state index contributed by atoms with van der Waals surface area (Å²) in [7, 11) is 1.70. The van der Waals surface area contributed by atoms with Gasteiger partial charge in [-0.15, -0.1) is 6.42 Å². The number of anilines is 1. The van der Waals surface area contributed by atoms with Crippen molar-refractivity contribution in [2.24, 2.45) is 9.98 Å². The molecule has 0 unspecified atom stereocenters. The topological polar surface area (TPSA) is 100.0 Å². The molecule has 2 aliphatic rings. The molecule has 42 heavy (non-hydrogen) atoms. The van der Waals surface area contributed by atoms with Crippen LogP contribution in [0.2, 0.25) is 0 Å². The maximum atomic E-state index is 10.2. The molecule has 2 heterocycles. The van der Waals surface area contributed by atoms with E-state index in [0.29, 0.717) is 60.8 Å². The number of nitrogens with two attached hydrogens (primary N) is 1. The Kier molecular flexibility index (Phi) is 8.16. The molecular formula is C35H34N6O. The lowest BCUT2D eigenvalue weighted by molar-refractivity contribution is 0.387. The highest BCUT2D eigenvalue weighted by Crippen LogP contribution is 2.38. The summed E-state index contributed by atoms with van der Waals surface area (Å²) in [6.07, 6.45) is 13.5. The van der Waals surface area contributed by atoms with Gasteiger partial charge < -0.3 is 15.7 Å². The van der Waals surface area contributed by atoms with Crippen LogP contribution in [0.3, 0.4) is 0 Å². The molecule has 1 aliphatic carbocycles. The minimum absolute atomic E-state index is 0.307. The number of benzene rings is 2. The van der Waals surface area contributed by atoms with Crippen molar-refractivity contribution in [1.82, 2.24) is 14.9 Å². The zero-order valence-corrected chi connectivity index (χ0v) is 24.1. The number of aliphatic hydroxyl groups is 1. The second-order valence-corrected chi connectivity index (χ2v) is 10.4. The number of hydrogen-bond acceptors (Lipinski definition) is 7. The maximum absolute atomic E-state index is 10.2. The van der Waals surface area contributed by atoms with Gasteiger partial charge in [0, 0.05) is 43.3 Å². The standard InChI is InChI=1S/C35H34N6O/c1-6-26-12-9-15-29-31(26)24(4)41(20-25-11-7-10-22(2)18-25)30(40-29)17-16-23(3)33-32(35(36)39-21-38-33)34(37-5)27-13-8-14-28(42)19-27/h1,7,9-13,15,18-19,21,42H,3-4,8,14,16-17,20H2,2,5H3,(H2,36,38,39). The lowest BCUT2D eigenvalue weighted by Crippen LogP contribution is -2.31. The third kappa shape index (κ3) is 5.65. The Morgan fingerprint density at radius 2 is 2.02 bits per heavy atom. The quantitative estimate of drug-likeness (QED) is 0.232. The molecule has 2 aromatic carbocycles. The van der Waals surface area contributed by atoms with Gasteiger partial charge >= 0.3 is 0 Å². The molecule has 0 spiro atoms. The van der Waals surface area contributed by atoms with E-state index in [0.717, 1.165) is 45.1 Å². The van der Waals surface area contributed by atoms with E-state index < -0.39 is 0 Å². The Hall–Kier alpha value is -5.22. The monoisotopic (exact) mass is 554 g/mol. The molecule has 0 bridgehead atoms. The predicted octanol–water partition coefficient (Wildman–Crippen LogP) is 6.94. The van der Waals surface area contributed by atoms with E-state index in [1.807, 2.05) is 24.3 Å². The average molecular weight is 555 g/mol. The first-order valence-corrected chi connectivity index (χ1v) is 13.9. The van der Waals surface area contributed by atoms with Gasteiger partial charge in [0.25, 0.3) is 0 Å². The molecule has 0 saturated carbocycles. The van der Waals surface area contributed by atoms with Crippen LogP contribution in [0.15, 0.2) is 95.4 Å². The number of aromatic nitrogens is 2. The normalized spacial score (nSPS) is 14.9. The molecule has 0 fully saturated rings. The number of fused-ring (bicyclic) bond motifs is 1. The third-order valence-electron chi connectivity index (χ3n) is 7.48. The largest absolute Gasteiger partial charge is 0.512 e. The van der Waals surface area contributed by atoms with Gasteiger partial charge in [0.15, 0.2) is 0 Å². The molecule has 0 saturated heterocycles. The molecule has 5 rings (SSSR count). The Morgan fingerprint density at radius 1 is 1.21 bits per heavy atom. The fourth-order valence-electron chi connectivity index (χ4n) is 5.44. The molecule has 210 valence electrons. The molecule has 1 aliphatic heterocycles. The molecule has 7 heteroatoms. The SMILES string of the molecule is C#Cc1cccc2c1C(=C)N(Cc1cccc(C)c1)C(CCC(=C)c1ncnc(N)c1C(=NC)C1=CCCC(O)=C1)=N2. The summed E-state index contributed by atoms with van der Waals surface area (Å²) in [4.78, 5) is 20.5. The van der Waals surface area contributed by atoms with Crippen molar-refractivity contribution < 1.29 is 5.11 Å². The summed E-state index contributed by atoms with van der Waals surface area (Å²) >= 11 is 0. The van der Waals surface area contributed by atoms with Gasteiger partial charge in [0.05, 0.1) is 28.4 Å². The number of hydrogen-bond donors (Lipinski definition) is 2. The summed E-state index contributed by atoms with van der Waals surface area (Å²) in [5, 5.41) is 10.2. The Morgan fingerprint density at radius 3 is 2.76 bits per heavy atom. The highest BCUT2D eigenvalue weighted by molar-refractivity contribution is 6.18. The first-order valence-electron chi connectivity index (χ1n) is 13.9. The first-order chi connectivity index (χ1) is 20.3. The highest BCUT2D eigenvalue weighted by Gasteiger charge is 2.27. The van der Waals surface area contributed by atoms with Crippen LogP contribution in [-0.4, -0.2) is 38.6 Å². The number of terminal acetylenes is 1. The van der Waals surface area contributed by atoms with Crippen LogP contribution in [0, 0.1) is 19.3 Å². The van der Waals surface area contributed by atoms with Crippen molar-refractivity contribution >= 4 is 34.3 Å². The minimum Gasteiger partial charge on any atom is -0.512 e. The minimum atomic E-state index is 0.307. The van der Waals surface area contributed by atoms with Crippen molar-refractivity contribution in [3.8, 4) is 12.3 Å². The van der Waals surface area contributed by atoms with Gasteiger partial charge in [0.2, 0.25) is 0 Å². The molecule has 3 aromatic rings. The van der Waals surface area contributed by atoms with Crippen molar-refractivity contribution in [2.75, 3.05) is 12.8 Å². The van der Waals surface area contributed by atoms with E-state index in [1.165, 1.54) is 11.9 Å². The summed E-state index contributed by atoms with van der Waals surface area (Å²) in [6, 6.07) is 14.2. The number of nitrogen functional groups attached to an aromatic ring is 1. The molecule has 1 aromatic heterocycles. The van der Waals surface area contributed by atoms with Crippen molar-refractivity contribution in [3.63, 3.8) is 0 Å². The summed E-state index contributed by atoms with van der Waals surface area (Å²) < 4.78 is 0. The van der Waals surface area contributed by atoms with Crippen LogP contribution in [0.1, 0.15) is 59.2 Å². The molecule has 3 N–H and O–H groups in total. The fourth-order valence-corrected chi connectivity index (χ4v) is 5.44. The van der Waals surface area contributed by atoms with Crippen LogP contribution in [0.4, 0.5) is 11.5 Å². The van der Waals surface area contributed by atoms with Gasteiger partial charge in [-0.1, -0.05) is 61.0 Å². The van der Waals surface area contributed by atoms with E-state index in [4.69, 9.17) is 17.1 Å². The molecule has 0 radical (unpaired) electrons. The van der Waals surface area contributed by atoms with Crippen molar-refractivity contribution in [3.05, 3.63) is 119 Å². The number of allylic oxidation sites excluding steroid dienone is 5. The lowest BCUT2D eigenvalue weighted by Gasteiger charge is -2.33. The summed E-state index contributed by atoms with van der Waals surface area (Å²) in [5.41, 5.74) is 15.4. The van der Waals surface area contributed by atoms with Crippen molar-refractivity contribution in [2.45, 2.75) is 39.2 Å². The van der Waals surface area contributed by atoms with Crippen LogP contribution < -0.4 is 5.73 Å². The predicted molar refractivity (Wildman–Crippen MR) is 172 cm³/mol. The summed E-state index contributed by atoms with van der Waals surface area (Å²) in [5.74, 6) is 4.27. The number of aryl methyl sites for hydroxylation is 1. The molecule has 0 atom stereocenters. The third-order valence-corrected chi connectivity index (χ3v) is 7.48. The zero-order valence-electron chi connectivity index (χ0n) is 24.1. The summed E-state index contributed by atoms with van der Waals surface area (Å²) in [6.45, 7) is 11.5. The van der Waals surface area contributed by atoms with Crippen LogP contribution in [0.5, 0.6) is 0 Å². The maximum Gasteiger partial charge on any atom is 0.136 e. The smallest absolute Gasteiger partial charge is 0.136 e.